The minimum atomic E-state index is -0.637. The molecule has 3 fully saturated rings. The summed E-state index contributed by atoms with van der Waals surface area (Å²) in [5.74, 6) is -0.444. The molecule has 0 spiro atoms. The number of ether oxygens (including phenoxy) is 1. The Morgan fingerprint density at radius 2 is 1.87 bits per heavy atom. The molecule has 3 aliphatic rings. The van der Waals surface area contributed by atoms with Crippen LogP contribution in [0.2, 0.25) is 0 Å². The normalized spacial score (nSPS) is 31.2. The number of hydrogen-bond donors (Lipinski definition) is 2. The van der Waals surface area contributed by atoms with Crippen molar-refractivity contribution >= 4 is 17.8 Å². The maximum atomic E-state index is 13.1. The number of methoxy groups -OCH3 is 1. The summed E-state index contributed by atoms with van der Waals surface area (Å²) < 4.78 is 10.3. The molecule has 31 heavy (non-hydrogen) atoms. The van der Waals surface area contributed by atoms with Crippen molar-refractivity contribution in [2.24, 2.45) is 23.5 Å². The number of amides is 2. The van der Waals surface area contributed by atoms with E-state index in [0.717, 1.165) is 44.3 Å². The van der Waals surface area contributed by atoms with E-state index in [1.54, 1.807) is 11.0 Å². The van der Waals surface area contributed by atoms with Gasteiger partial charge in [0.25, 0.3) is 5.91 Å². The van der Waals surface area contributed by atoms with E-state index in [9.17, 15) is 14.4 Å². The third-order valence-electron chi connectivity index (χ3n) is 6.95. The summed E-state index contributed by atoms with van der Waals surface area (Å²) >= 11 is 0. The number of nitrogens with two attached hydrogens (primary N) is 1. The third-order valence-corrected chi connectivity index (χ3v) is 6.95. The van der Waals surface area contributed by atoms with Crippen LogP contribution in [0, 0.1) is 17.8 Å². The fourth-order valence-corrected chi connectivity index (χ4v) is 4.88. The van der Waals surface area contributed by atoms with Gasteiger partial charge >= 0.3 is 5.97 Å². The molecule has 9 heteroatoms. The van der Waals surface area contributed by atoms with Crippen LogP contribution < -0.4 is 11.1 Å². The lowest BCUT2D eigenvalue weighted by Gasteiger charge is -2.43. The van der Waals surface area contributed by atoms with Gasteiger partial charge in [-0.05, 0) is 44.4 Å². The molecule has 2 heterocycles. The van der Waals surface area contributed by atoms with Crippen molar-refractivity contribution in [3.05, 3.63) is 17.5 Å². The lowest BCUT2D eigenvalue weighted by Crippen LogP contribution is -2.60. The van der Waals surface area contributed by atoms with Gasteiger partial charge in [-0.2, -0.15) is 0 Å². The number of rotatable bonds is 5. The SMILES string of the molecule is COC(=O)C1CN(C(=O)[C@H]2CC[C@H](N)CC2)CC(C)C1NC(=O)c1cc(C2CC2)on1. The van der Waals surface area contributed by atoms with Crippen LogP contribution in [0.25, 0.3) is 0 Å². The van der Waals surface area contributed by atoms with E-state index in [2.05, 4.69) is 10.5 Å². The van der Waals surface area contributed by atoms with Gasteiger partial charge in [-0.1, -0.05) is 12.1 Å². The van der Waals surface area contributed by atoms with Gasteiger partial charge in [0, 0.05) is 43.1 Å². The molecule has 3 N–H and O–H groups in total. The standard InChI is InChI=1S/C22H32N4O5/c1-12-10-26(21(28)14-5-7-15(23)8-6-14)11-16(22(29)30-2)19(12)24-20(27)17-9-18(31-25-17)13-3-4-13/h9,12-16,19H,3-8,10-11,23H2,1-2H3,(H,24,27)/t12?,14-,15-,16?,19?. The van der Waals surface area contributed by atoms with Crippen LogP contribution in [0.3, 0.4) is 0 Å². The molecule has 1 aromatic heterocycles. The molecule has 3 unspecified atom stereocenters. The van der Waals surface area contributed by atoms with Gasteiger partial charge in [0.2, 0.25) is 5.91 Å². The summed E-state index contributed by atoms with van der Waals surface area (Å²) in [5.41, 5.74) is 6.19. The first-order valence-corrected chi connectivity index (χ1v) is 11.3. The van der Waals surface area contributed by atoms with E-state index >= 15 is 0 Å². The van der Waals surface area contributed by atoms with Gasteiger partial charge in [-0.3, -0.25) is 14.4 Å². The van der Waals surface area contributed by atoms with Crippen molar-refractivity contribution in [1.29, 1.82) is 0 Å². The molecule has 0 bridgehead atoms. The zero-order valence-corrected chi connectivity index (χ0v) is 18.2. The highest BCUT2D eigenvalue weighted by atomic mass is 16.5. The molecule has 1 aliphatic heterocycles. The molecule has 0 aromatic carbocycles. The second-order valence-electron chi connectivity index (χ2n) is 9.35. The summed E-state index contributed by atoms with van der Waals surface area (Å²) in [5, 5.41) is 6.84. The molecule has 1 saturated heterocycles. The van der Waals surface area contributed by atoms with Crippen molar-refractivity contribution in [2.45, 2.75) is 63.5 Å². The Hall–Kier alpha value is -2.42. The average Bonchev–Trinajstić information content (AvgIpc) is 3.50. The van der Waals surface area contributed by atoms with E-state index in [4.69, 9.17) is 15.0 Å². The summed E-state index contributed by atoms with van der Waals surface area (Å²) in [6, 6.07) is 1.39. The van der Waals surface area contributed by atoms with Crippen LogP contribution in [0.15, 0.2) is 10.6 Å². The first kappa shape index (κ1) is 21.8. The predicted molar refractivity (Wildman–Crippen MR) is 111 cm³/mol. The van der Waals surface area contributed by atoms with E-state index in [1.165, 1.54) is 7.11 Å². The van der Waals surface area contributed by atoms with Gasteiger partial charge in [0.05, 0.1) is 13.0 Å². The number of piperidine rings is 1. The minimum Gasteiger partial charge on any atom is -0.469 e. The zero-order chi connectivity index (χ0) is 22.1. The Bertz CT molecular complexity index is 828. The van der Waals surface area contributed by atoms with E-state index < -0.39 is 17.9 Å². The number of aromatic nitrogens is 1. The third kappa shape index (κ3) is 4.76. The van der Waals surface area contributed by atoms with Crippen molar-refractivity contribution in [3.63, 3.8) is 0 Å². The largest absolute Gasteiger partial charge is 0.469 e. The second-order valence-corrected chi connectivity index (χ2v) is 9.35. The molecular weight excluding hydrogens is 400 g/mol. The minimum absolute atomic E-state index is 0.0487. The van der Waals surface area contributed by atoms with Crippen LogP contribution in [0.5, 0.6) is 0 Å². The lowest BCUT2D eigenvalue weighted by molar-refractivity contribution is -0.152. The van der Waals surface area contributed by atoms with Gasteiger partial charge in [0.1, 0.15) is 5.76 Å². The van der Waals surface area contributed by atoms with Crippen molar-refractivity contribution in [3.8, 4) is 0 Å². The van der Waals surface area contributed by atoms with E-state index in [-0.39, 0.29) is 41.9 Å². The smallest absolute Gasteiger partial charge is 0.312 e. The molecule has 2 saturated carbocycles. The zero-order valence-electron chi connectivity index (χ0n) is 18.2. The summed E-state index contributed by atoms with van der Waals surface area (Å²) in [6.45, 7) is 2.65. The fraction of sp³-hybridized carbons (Fsp3) is 0.727. The van der Waals surface area contributed by atoms with Gasteiger partial charge in [-0.15, -0.1) is 0 Å². The highest BCUT2D eigenvalue weighted by Crippen LogP contribution is 2.40. The summed E-state index contributed by atoms with van der Waals surface area (Å²) in [4.78, 5) is 40.2. The molecule has 4 rings (SSSR count). The van der Waals surface area contributed by atoms with Crippen LogP contribution in [0.4, 0.5) is 0 Å². The molecule has 2 aliphatic carbocycles. The predicted octanol–water partition coefficient (Wildman–Crippen LogP) is 1.44. The van der Waals surface area contributed by atoms with Crippen molar-refractivity contribution in [1.82, 2.24) is 15.4 Å². The lowest BCUT2D eigenvalue weighted by atomic mass is 9.81. The Morgan fingerprint density at radius 1 is 1.16 bits per heavy atom. The Morgan fingerprint density at radius 3 is 2.52 bits per heavy atom. The van der Waals surface area contributed by atoms with E-state index in [0.29, 0.717) is 12.5 Å². The first-order chi connectivity index (χ1) is 14.9. The van der Waals surface area contributed by atoms with Crippen LogP contribution in [-0.2, 0) is 14.3 Å². The molecule has 170 valence electrons. The molecule has 0 radical (unpaired) electrons. The summed E-state index contributed by atoms with van der Waals surface area (Å²) in [6.07, 6.45) is 5.36. The van der Waals surface area contributed by atoms with Crippen LogP contribution >= 0.6 is 0 Å². The highest BCUT2D eigenvalue weighted by Gasteiger charge is 2.43. The highest BCUT2D eigenvalue weighted by molar-refractivity contribution is 5.93. The number of nitrogens with zero attached hydrogens (tertiary/aromatic N) is 2. The average molecular weight is 433 g/mol. The number of esters is 1. The quantitative estimate of drug-likeness (QED) is 0.674. The molecule has 1 aromatic rings. The van der Waals surface area contributed by atoms with Crippen molar-refractivity contribution < 1.29 is 23.6 Å². The molecule has 2 amide bonds. The second kappa shape index (κ2) is 8.98. The Balaban J connectivity index is 1.44. The van der Waals surface area contributed by atoms with E-state index in [1.807, 2.05) is 6.92 Å². The number of likely N-dealkylation sites (tertiary alicyclic amines) is 1. The number of hydrogen-bond acceptors (Lipinski definition) is 7. The monoisotopic (exact) mass is 432 g/mol. The van der Waals surface area contributed by atoms with Crippen molar-refractivity contribution in [2.75, 3.05) is 20.2 Å². The first-order valence-electron chi connectivity index (χ1n) is 11.3. The van der Waals surface area contributed by atoms with Crippen LogP contribution in [0.1, 0.15) is 67.6 Å². The maximum absolute atomic E-state index is 13.1. The molecule has 3 atom stereocenters. The Labute approximate surface area is 182 Å². The number of nitrogens with one attached hydrogen (secondary N) is 1. The topological polar surface area (TPSA) is 128 Å². The fourth-order valence-electron chi connectivity index (χ4n) is 4.88. The maximum Gasteiger partial charge on any atom is 0.312 e. The van der Waals surface area contributed by atoms with Crippen LogP contribution in [-0.4, -0.2) is 60.1 Å². The number of carbonyl (C=O) groups is 3. The van der Waals surface area contributed by atoms with Gasteiger partial charge in [-0.25, -0.2) is 0 Å². The molecular formula is C22H32N4O5. The Kier molecular flexibility index (Phi) is 6.31. The van der Waals surface area contributed by atoms with Gasteiger partial charge in [0.15, 0.2) is 5.69 Å². The summed E-state index contributed by atoms with van der Waals surface area (Å²) in [7, 11) is 1.33. The van der Waals surface area contributed by atoms with Gasteiger partial charge < -0.3 is 25.2 Å². The molecule has 9 nitrogen and oxygen atoms in total. The number of carbonyl (C=O) groups excluding carboxylic acids is 3.